The summed E-state index contributed by atoms with van der Waals surface area (Å²) < 4.78 is 40.5. The minimum atomic E-state index is -4.15. The standard InChI is InChI=1S/C13H21F3N4/c1-8(2)20-12(11(17)9(3)18-20)19-6-4-5-10(7-19)13(14,15)16/h8,10H,4-7,17H2,1-3H3. The number of nitrogens with zero attached hydrogens (tertiary/aromatic N) is 3. The van der Waals surface area contributed by atoms with Gasteiger partial charge in [0, 0.05) is 19.1 Å². The first-order valence-corrected chi connectivity index (χ1v) is 6.88. The molecule has 1 aliphatic heterocycles. The van der Waals surface area contributed by atoms with Gasteiger partial charge in [-0.05, 0) is 33.6 Å². The average Bonchev–Trinajstić information content (AvgIpc) is 2.65. The lowest BCUT2D eigenvalue weighted by molar-refractivity contribution is -0.176. The first-order chi connectivity index (χ1) is 9.21. The Morgan fingerprint density at radius 2 is 2.00 bits per heavy atom. The Labute approximate surface area is 116 Å². The van der Waals surface area contributed by atoms with E-state index in [1.54, 1.807) is 16.5 Å². The molecule has 4 nitrogen and oxygen atoms in total. The van der Waals surface area contributed by atoms with E-state index in [2.05, 4.69) is 5.10 Å². The normalized spacial score (nSPS) is 20.8. The minimum Gasteiger partial charge on any atom is -0.394 e. The second-order valence-corrected chi connectivity index (χ2v) is 5.69. The molecule has 7 heteroatoms. The monoisotopic (exact) mass is 290 g/mol. The Bertz CT molecular complexity index is 479. The van der Waals surface area contributed by atoms with Crippen molar-refractivity contribution in [2.45, 2.75) is 45.8 Å². The van der Waals surface area contributed by atoms with Crippen molar-refractivity contribution in [2.24, 2.45) is 5.92 Å². The summed E-state index contributed by atoms with van der Waals surface area (Å²) in [5.41, 5.74) is 7.18. The maximum Gasteiger partial charge on any atom is 0.393 e. The molecule has 114 valence electrons. The zero-order valence-corrected chi connectivity index (χ0v) is 12.0. The highest BCUT2D eigenvalue weighted by atomic mass is 19.4. The van der Waals surface area contributed by atoms with Crippen LogP contribution < -0.4 is 10.6 Å². The van der Waals surface area contributed by atoms with Crippen molar-refractivity contribution in [3.8, 4) is 0 Å². The van der Waals surface area contributed by atoms with E-state index in [-0.39, 0.29) is 19.0 Å². The van der Waals surface area contributed by atoms with E-state index in [4.69, 9.17) is 5.73 Å². The number of nitrogens with two attached hydrogens (primary N) is 1. The second kappa shape index (κ2) is 5.18. The third-order valence-corrected chi connectivity index (χ3v) is 3.78. The topological polar surface area (TPSA) is 47.1 Å². The fourth-order valence-corrected chi connectivity index (χ4v) is 2.66. The Balaban J connectivity index is 2.32. The summed E-state index contributed by atoms with van der Waals surface area (Å²) in [5, 5.41) is 4.34. The van der Waals surface area contributed by atoms with Crippen LogP contribution in [0.15, 0.2) is 0 Å². The molecule has 20 heavy (non-hydrogen) atoms. The molecule has 2 N–H and O–H groups in total. The van der Waals surface area contributed by atoms with Gasteiger partial charge in [-0.3, -0.25) is 0 Å². The molecular weight excluding hydrogens is 269 g/mol. The zero-order valence-electron chi connectivity index (χ0n) is 12.0. The fraction of sp³-hybridized carbons (Fsp3) is 0.769. The predicted octanol–water partition coefficient (Wildman–Crippen LogP) is 3.13. The van der Waals surface area contributed by atoms with Crippen molar-refractivity contribution in [2.75, 3.05) is 23.7 Å². The van der Waals surface area contributed by atoms with E-state index < -0.39 is 12.1 Å². The summed E-state index contributed by atoms with van der Waals surface area (Å²) in [6.07, 6.45) is -3.44. The summed E-state index contributed by atoms with van der Waals surface area (Å²) >= 11 is 0. The molecule has 1 aromatic heterocycles. The van der Waals surface area contributed by atoms with Gasteiger partial charge < -0.3 is 10.6 Å². The van der Waals surface area contributed by atoms with Gasteiger partial charge in [-0.25, -0.2) is 4.68 Å². The number of hydrogen-bond acceptors (Lipinski definition) is 3. The van der Waals surface area contributed by atoms with Crippen LogP contribution in [-0.2, 0) is 0 Å². The number of nitrogen functional groups attached to an aromatic ring is 1. The first-order valence-electron chi connectivity index (χ1n) is 6.88. The van der Waals surface area contributed by atoms with Crippen LogP contribution in [0.4, 0.5) is 24.7 Å². The molecule has 1 fully saturated rings. The molecule has 0 aliphatic carbocycles. The van der Waals surface area contributed by atoms with Crippen LogP contribution in [0.25, 0.3) is 0 Å². The van der Waals surface area contributed by atoms with E-state index in [1.807, 2.05) is 13.8 Å². The highest BCUT2D eigenvalue weighted by Gasteiger charge is 2.42. The zero-order chi connectivity index (χ0) is 15.1. The third-order valence-electron chi connectivity index (χ3n) is 3.78. The van der Waals surface area contributed by atoms with Gasteiger partial charge in [0.25, 0.3) is 0 Å². The van der Waals surface area contributed by atoms with Crippen LogP contribution in [0, 0.1) is 12.8 Å². The molecule has 0 bridgehead atoms. The van der Waals surface area contributed by atoms with Gasteiger partial charge in [0.15, 0.2) is 5.82 Å². The summed E-state index contributed by atoms with van der Waals surface area (Å²) in [6.45, 7) is 6.23. The maximum absolute atomic E-state index is 12.9. The lowest BCUT2D eigenvalue weighted by atomic mass is 9.97. The number of halogens is 3. The van der Waals surface area contributed by atoms with Crippen LogP contribution in [-0.4, -0.2) is 29.0 Å². The summed E-state index contributed by atoms with van der Waals surface area (Å²) in [5.74, 6) is -0.655. The number of alkyl halides is 3. The van der Waals surface area contributed by atoms with E-state index in [9.17, 15) is 13.2 Å². The molecule has 1 aliphatic rings. The van der Waals surface area contributed by atoms with Crippen LogP contribution >= 0.6 is 0 Å². The second-order valence-electron chi connectivity index (χ2n) is 5.69. The van der Waals surface area contributed by atoms with Gasteiger partial charge in [0.05, 0.1) is 17.3 Å². The smallest absolute Gasteiger partial charge is 0.393 e. The summed E-state index contributed by atoms with van der Waals surface area (Å²) in [6, 6.07) is 0.0623. The summed E-state index contributed by atoms with van der Waals surface area (Å²) in [4.78, 5) is 1.73. The Hall–Kier alpha value is -1.40. The molecule has 2 rings (SSSR count). The molecule has 0 saturated carbocycles. The molecule has 0 radical (unpaired) electrons. The van der Waals surface area contributed by atoms with Gasteiger partial charge in [0.1, 0.15) is 0 Å². The van der Waals surface area contributed by atoms with Crippen LogP contribution in [0.2, 0.25) is 0 Å². The van der Waals surface area contributed by atoms with Crippen molar-refractivity contribution in [1.29, 1.82) is 0 Å². The van der Waals surface area contributed by atoms with Crippen molar-refractivity contribution >= 4 is 11.5 Å². The molecular formula is C13H21F3N4. The Kier molecular flexibility index (Phi) is 3.88. The Morgan fingerprint density at radius 1 is 1.35 bits per heavy atom. The predicted molar refractivity (Wildman–Crippen MR) is 72.8 cm³/mol. The highest BCUT2D eigenvalue weighted by molar-refractivity contribution is 5.66. The van der Waals surface area contributed by atoms with E-state index in [1.165, 1.54) is 0 Å². The van der Waals surface area contributed by atoms with Gasteiger partial charge in [-0.15, -0.1) is 0 Å². The SMILES string of the molecule is Cc1nn(C(C)C)c(N2CCCC(C(F)(F)F)C2)c1N. The van der Waals surface area contributed by atoms with E-state index >= 15 is 0 Å². The molecule has 1 unspecified atom stereocenters. The van der Waals surface area contributed by atoms with Gasteiger partial charge >= 0.3 is 6.18 Å². The van der Waals surface area contributed by atoms with Crippen LogP contribution in [0.3, 0.4) is 0 Å². The van der Waals surface area contributed by atoms with Crippen molar-refractivity contribution < 1.29 is 13.2 Å². The maximum atomic E-state index is 12.9. The largest absolute Gasteiger partial charge is 0.394 e. The molecule has 0 amide bonds. The average molecular weight is 290 g/mol. The number of aromatic nitrogens is 2. The van der Waals surface area contributed by atoms with Crippen molar-refractivity contribution in [1.82, 2.24) is 9.78 Å². The van der Waals surface area contributed by atoms with Gasteiger partial charge in [-0.2, -0.15) is 18.3 Å². The fourth-order valence-electron chi connectivity index (χ4n) is 2.66. The van der Waals surface area contributed by atoms with Crippen molar-refractivity contribution in [3.63, 3.8) is 0 Å². The van der Waals surface area contributed by atoms with Gasteiger partial charge in [0.2, 0.25) is 0 Å². The first kappa shape index (κ1) is 15.0. The number of anilines is 2. The molecule has 1 atom stereocenters. The van der Waals surface area contributed by atoms with E-state index in [0.717, 1.165) is 0 Å². The molecule has 2 heterocycles. The van der Waals surface area contributed by atoms with Gasteiger partial charge in [-0.1, -0.05) is 0 Å². The quantitative estimate of drug-likeness (QED) is 0.910. The van der Waals surface area contributed by atoms with E-state index in [0.29, 0.717) is 30.2 Å². The summed E-state index contributed by atoms with van der Waals surface area (Å²) in [7, 11) is 0. The lowest BCUT2D eigenvalue weighted by Crippen LogP contribution is -2.43. The van der Waals surface area contributed by atoms with Crippen LogP contribution in [0.1, 0.15) is 38.4 Å². The molecule has 0 aromatic carbocycles. The molecule has 1 saturated heterocycles. The molecule has 0 spiro atoms. The van der Waals surface area contributed by atoms with Crippen LogP contribution in [0.5, 0.6) is 0 Å². The number of aryl methyl sites for hydroxylation is 1. The highest BCUT2D eigenvalue weighted by Crippen LogP contribution is 2.37. The molecule has 1 aromatic rings. The third kappa shape index (κ3) is 2.71. The minimum absolute atomic E-state index is 0.0362. The lowest BCUT2D eigenvalue weighted by Gasteiger charge is -2.35. The number of hydrogen-bond donors (Lipinski definition) is 1. The van der Waals surface area contributed by atoms with Crippen molar-refractivity contribution in [3.05, 3.63) is 5.69 Å². The number of piperidine rings is 1. The Morgan fingerprint density at radius 3 is 2.55 bits per heavy atom. The number of rotatable bonds is 2.